The fourth-order valence-corrected chi connectivity index (χ4v) is 4.13. The van der Waals surface area contributed by atoms with Crippen molar-refractivity contribution in [2.24, 2.45) is 0 Å². The van der Waals surface area contributed by atoms with Crippen molar-refractivity contribution in [1.82, 2.24) is 0 Å². The van der Waals surface area contributed by atoms with Gasteiger partial charge in [0.05, 0.1) is 0 Å². The molecule has 0 saturated carbocycles. The van der Waals surface area contributed by atoms with Gasteiger partial charge in [-0.2, -0.15) is 0 Å². The van der Waals surface area contributed by atoms with Crippen LogP contribution in [0.4, 0.5) is 0 Å². The molecule has 0 saturated heterocycles. The number of para-hydroxylation sites is 1. The summed E-state index contributed by atoms with van der Waals surface area (Å²) in [4.78, 5) is 0. The molecule has 1 aromatic rings. The normalized spacial score (nSPS) is 10.9. The monoisotopic (exact) mass is 405 g/mol. The molecule has 0 spiro atoms. The largest absolute Gasteiger partial charge is 0.434 e. The van der Waals surface area contributed by atoms with E-state index in [9.17, 15) is 0 Å². The first-order valence-electron chi connectivity index (χ1n) is 11.8. The van der Waals surface area contributed by atoms with E-state index in [0.29, 0.717) is 5.23 Å². The zero-order chi connectivity index (χ0) is 20.1. The maximum Gasteiger partial charge on any atom is 0.248 e. The highest BCUT2D eigenvalue weighted by atomic mass is 32.2. The molecule has 0 atom stereocenters. The predicted molar refractivity (Wildman–Crippen MR) is 127 cm³/mol. The SMILES string of the molecule is CCCCCCCCCCCCCCCCCCSC(=N)Oc1ccccc1. The fourth-order valence-electron chi connectivity index (χ4n) is 3.44. The molecule has 1 N–H and O–H groups in total. The molecule has 2 nitrogen and oxygen atoms in total. The highest BCUT2D eigenvalue weighted by molar-refractivity contribution is 8.13. The maximum atomic E-state index is 7.86. The van der Waals surface area contributed by atoms with E-state index < -0.39 is 0 Å². The number of benzene rings is 1. The summed E-state index contributed by atoms with van der Waals surface area (Å²) in [6.07, 6.45) is 22.3. The Labute approximate surface area is 178 Å². The molecule has 0 aliphatic rings. The van der Waals surface area contributed by atoms with Gasteiger partial charge in [0.2, 0.25) is 5.23 Å². The van der Waals surface area contributed by atoms with E-state index in [1.807, 2.05) is 30.3 Å². The number of ether oxygens (including phenoxy) is 1. The average molecular weight is 406 g/mol. The van der Waals surface area contributed by atoms with Crippen molar-refractivity contribution in [1.29, 1.82) is 5.41 Å². The van der Waals surface area contributed by atoms with Crippen molar-refractivity contribution >= 4 is 17.0 Å². The van der Waals surface area contributed by atoms with Crippen LogP contribution in [0.25, 0.3) is 0 Å². The van der Waals surface area contributed by atoms with Gasteiger partial charge in [-0.1, -0.05) is 133 Å². The first kappa shape index (κ1) is 25.1. The molecule has 0 aromatic heterocycles. The van der Waals surface area contributed by atoms with Gasteiger partial charge in [0.1, 0.15) is 5.75 Å². The summed E-state index contributed by atoms with van der Waals surface area (Å²) >= 11 is 1.52. The number of thioether (sulfide) groups is 1. The van der Waals surface area contributed by atoms with Gasteiger partial charge in [-0.15, -0.1) is 0 Å². The zero-order valence-electron chi connectivity index (χ0n) is 18.2. The Morgan fingerprint density at radius 3 is 1.57 bits per heavy atom. The Bertz CT molecular complexity index is 463. The van der Waals surface area contributed by atoms with E-state index in [1.165, 1.54) is 114 Å². The number of hydrogen-bond acceptors (Lipinski definition) is 3. The quantitative estimate of drug-likeness (QED) is 0.150. The third kappa shape index (κ3) is 16.0. The minimum Gasteiger partial charge on any atom is -0.434 e. The van der Waals surface area contributed by atoms with Crippen molar-refractivity contribution in [2.45, 2.75) is 110 Å². The van der Waals surface area contributed by atoms with E-state index in [4.69, 9.17) is 10.1 Å². The molecular weight excluding hydrogens is 362 g/mol. The van der Waals surface area contributed by atoms with Crippen molar-refractivity contribution in [2.75, 3.05) is 5.75 Å². The molecule has 0 amide bonds. The minimum absolute atomic E-state index is 0.312. The van der Waals surface area contributed by atoms with E-state index in [-0.39, 0.29) is 0 Å². The van der Waals surface area contributed by atoms with Crippen LogP contribution in [0.5, 0.6) is 5.75 Å². The second-order valence-electron chi connectivity index (χ2n) is 7.85. The molecule has 28 heavy (non-hydrogen) atoms. The first-order valence-corrected chi connectivity index (χ1v) is 12.8. The summed E-state index contributed by atoms with van der Waals surface area (Å²) in [5.74, 6) is 1.75. The van der Waals surface area contributed by atoms with Crippen molar-refractivity contribution < 1.29 is 4.74 Å². The van der Waals surface area contributed by atoms with Crippen LogP contribution in [0, 0.1) is 5.41 Å². The second-order valence-corrected chi connectivity index (χ2v) is 8.92. The Balaban J connectivity index is 1.74. The molecule has 0 aliphatic heterocycles. The lowest BCUT2D eigenvalue weighted by atomic mass is 10.0. The molecule has 0 unspecified atom stereocenters. The fraction of sp³-hybridized carbons (Fsp3) is 0.720. The number of hydrogen-bond donors (Lipinski definition) is 1. The average Bonchev–Trinajstić information content (AvgIpc) is 2.71. The summed E-state index contributed by atoms with van der Waals surface area (Å²) in [7, 11) is 0. The van der Waals surface area contributed by atoms with Crippen LogP contribution in [0.15, 0.2) is 30.3 Å². The smallest absolute Gasteiger partial charge is 0.248 e. The molecule has 0 heterocycles. The van der Waals surface area contributed by atoms with Gasteiger partial charge in [-0.05, 0) is 18.6 Å². The number of nitrogens with one attached hydrogen (secondary N) is 1. The maximum absolute atomic E-state index is 7.86. The molecule has 0 fully saturated rings. The van der Waals surface area contributed by atoms with Crippen molar-refractivity contribution in [3.8, 4) is 5.75 Å². The van der Waals surface area contributed by atoms with Gasteiger partial charge in [0.25, 0.3) is 0 Å². The molecule has 1 rings (SSSR count). The third-order valence-corrected chi connectivity index (χ3v) is 6.02. The molecule has 0 bridgehead atoms. The molecular formula is C25H43NOS. The van der Waals surface area contributed by atoms with Gasteiger partial charge < -0.3 is 4.74 Å². The lowest BCUT2D eigenvalue weighted by Gasteiger charge is -2.06. The van der Waals surface area contributed by atoms with Crippen molar-refractivity contribution in [3.05, 3.63) is 30.3 Å². The van der Waals surface area contributed by atoms with Crippen LogP contribution in [0.3, 0.4) is 0 Å². The highest BCUT2D eigenvalue weighted by Gasteiger charge is 2.01. The number of rotatable bonds is 18. The zero-order valence-corrected chi connectivity index (χ0v) is 19.0. The van der Waals surface area contributed by atoms with Crippen LogP contribution in [0.2, 0.25) is 0 Å². The first-order chi connectivity index (χ1) is 13.8. The van der Waals surface area contributed by atoms with E-state index in [1.54, 1.807) is 0 Å². The van der Waals surface area contributed by atoms with E-state index in [2.05, 4.69) is 6.92 Å². The Morgan fingerprint density at radius 2 is 1.11 bits per heavy atom. The third-order valence-electron chi connectivity index (χ3n) is 5.18. The topological polar surface area (TPSA) is 33.1 Å². The minimum atomic E-state index is 0.312. The Hall–Kier alpha value is -0.960. The Kier molecular flexibility index (Phi) is 17.3. The molecule has 0 aliphatic carbocycles. The van der Waals surface area contributed by atoms with Crippen LogP contribution in [0.1, 0.15) is 110 Å². The van der Waals surface area contributed by atoms with Crippen LogP contribution < -0.4 is 4.74 Å². The van der Waals surface area contributed by atoms with E-state index >= 15 is 0 Å². The lowest BCUT2D eigenvalue weighted by molar-refractivity contribution is 0.531. The van der Waals surface area contributed by atoms with Crippen molar-refractivity contribution in [3.63, 3.8) is 0 Å². The van der Waals surface area contributed by atoms with Crippen LogP contribution >= 0.6 is 11.8 Å². The van der Waals surface area contributed by atoms with E-state index in [0.717, 1.165) is 11.5 Å². The van der Waals surface area contributed by atoms with Gasteiger partial charge in [0.15, 0.2) is 0 Å². The molecule has 3 heteroatoms. The summed E-state index contributed by atoms with van der Waals surface area (Å²) in [6.45, 7) is 2.29. The standard InChI is InChI=1S/C25H43NOS/c1-2-3-4-5-6-7-8-9-10-11-12-13-14-15-16-20-23-28-25(26)27-24-21-18-17-19-22-24/h17-19,21-22,26H,2-16,20,23H2,1H3. The highest BCUT2D eigenvalue weighted by Crippen LogP contribution is 2.16. The summed E-state index contributed by atoms with van der Waals surface area (Å²) in [6, 6.07) is 9.61. The van der Waals surface area contributed by atoms with Crippen LogP contribution in [-0.4, -0.2) is 11.0 Å². The predicted octanol–water partition coefficient (Wildman–Crippen LogP) is 8.99. The van der Waals surface area contributed by atoms with Gasteiger partial charge in [-0.3, -0.25) is 5.41 Å². The molecule has 1 aromatic carbocycles. The number of unbranched alkanes of at least 4 members (excludes halogenated alkanes) is 15. The molecule has 0 radical (unpaired) electrons. The Morgan fingerprint density at radius 1 is 0.679 bits per heavy atom. The van der Waals surface area contributed by atoms with Gasteiger partial charge in [0, 0.05) is 5.75 Å². The van der Waals surface area contributed by atoms with Gasteiger partial charge in [-0.25, -0.2) is 0 Å². The summed E-state index contributed by atoms with van der Waals surface area (Å²) < 4.78 is 5.49. The summed E-state index contributed by atoms with van der Waals surface area (Å²) in [5, 5.41) is 8.17. The lowest BCUT2D eigenvalue weighted by Crippen LogP contribution is -2.02. The van der Waals surface area contributed by atoms with Crippen LogP contribution in [-0.2, 0) is 0 Å². The summed E-state index contributed by atoms with van der Waals surface area (Å²) in [5.41, 5.74) is 0. The molecule has 160 valence electrons. The second kappa shape index (κ2) is 19.4. The van der Waals surface area contributed by atoms with Gasteiger partial charge >= 0.3 is 0 Å².